The molecule has 1 saturated carbocycles. The number of hydrogen-bond acceptors (Lipinski definition) is 2. The standard InChI is InChI=1S/C16H34N2/c1-6-15-7-9-16(12-17,10-8-15)18(14(4)5)11-13(2)3/h13-15H,6-12,17H2,1-5H3. The van der Waals surface area contributed by atoms with Crippen LogP contribution in [-0.2, 0) is 0 Å². The van der Waals surface area contributed by atoms with E-state index < -0.39 is 0 Å². The van der Waals surface area contributed by atoms with Crippen LogP contribution in [0.5, 0.6) is 0 Å². The van der Waals surface area contributed by atoms with Gasteiger partial charge in [-0.25, -0.2) is 0 Å². The molecule has 0 aliphatic heterocycles. The third kappa shape index (κ3) is 3.71. The molecule has 0 heterocycles. The minimum Gasteiger partial charge on any atom is -0.329 e. The Kier molecular flexibility index (Phi) is 6.13. The lowest BCUT2D eigenvalue weighted by Crippen LogP contribution is -2.59. The summed E-state index contributed by atoms with van der Waals surface area (Å²) in [7, 11) is 0. The normalized spacial score (nSPS) is 29.5. The van der Waals surface area contributed by atoms with Crippen LogP contribution in [0.1, 0.15) is 66.7 Å². The molecule has 0 bridgehead atoms. The van der Waals surface area contributed by atoms with Gasteiger partial charge >= 0.3 is 0 Å². The molecule has 0 unspecified atom stereocenters. The summed E-state index contributed by atoms with van der Waals surface area (Å²) in [6.45, 7) is 13.6. The lowest BCUT2D eigenvalue weighted by Gasteiger charge is -2.50. The van der Waals surface area contributed by atoms with E-state index in [4.69, 9.17) is 5.73 Å². The van der Waals surface area contributed by atoms with Gasteiger partial charge in [-0.3, -0.25) is 4.90 Å². The predicted octanol–water partition coefficient (Wildman–Crippen LogP) is 3.65. The Hall–Kier alpha value is -0.0800. The SMILES string of the molecule is CCC1CCC(CN)(N(CC(C)C)C(C)C)CC1. The largest absolute Gasteiger partial charge is 0.329 e. The molecule has 1 aliphatic carbocycles. The highest BCUT2D eigenvalue weighted by molar-refractivity contribution is 4.97. The van der Waals surface area contributed by atoms with Crippen molar-refractivity contribution >= 4 is 0 Å². The molecule has 0 spiro atoms. The van der Waals surface area contributed by atoms with Crippen LogP contribution < -0.4 is 5.73 Å². The summed E-state index contributed by atoms with van der Waals surface area (Å²) in [5, 5.41) is 0. The summed E-state index contributed by atoms with van der Waals surface area (Å²) in [6.07, 6.45) is 6.68. The van der Waals surface area contributed by atoms with Crippen molar-refractivity contribution in [2.24, 2.45) is 17.6 Å². The molecule has 0 atom stereocenters. The third-order valence-electron chi connectivity index (χ3n) is 4.79. The Bertz CT molecular complexity index is 227. The monoisotopic (exact) mass is 254 g/mol. The number of nitrogens with two attached hydrogens (primary N) is 1. The van der Waals surface area contributed by atoms with E-state index in [1.54, 1.807) is 0 Å². The molecule has 0 saturated heterocycles. The Labute approximate surface area is 114 Å². The van der Waals surface area contributed by atoms with Gasteiger partial charge in [-0.15, -0.1) is 0 Å². The van der Waals surface area contributed by atoms with Crippen LogP contribution in [0.25, 0.3) is 0 Å². The zero-order chi connectivity index (χ0) is 13.8. The topological polar surface area (TPSA) is 29.3 Å². The molecule has 2 nitrogen and oxygen atoms in total. The first-order chi connectivity index (χ1) is 8.45. The first-order valence-electron chi connectivity index (χ1n) is 7.92. The maximum absolute atomic E-state index is 6.20. The lowest BCUT2D eigenvalue weighted by molar-refractivity contribution is 0.00869. The molecule has 0 aromatic carbocycles. The van der Waals surface area contributed by atoms with Crippen molar-refractivity contribution in [2.45, 2.75) is 78.3 Å². The van der Waals surface area contributed by atoms with Crippen molar-refractivity contribution in [3.05, 3.63) is 0 Å². The number of hydrogen-bond donors (Lipinski definition) is 1. The Morgan fingerprint density at radius 3 is 2.06 bits per heavy atom. The van der Waals surface area contributed by atoms with Crippen molar-refractivity contribution in [1.29, 1.82) is 0 Å². The lowest BCUT2D eigenvalue weighted by atomic mass is 9.74. The van der Waals surface area contributed by atoms with Gasteiger partial charge in [0, 0.05) is 24.7 Å². The zero-order valence-electron chi connectivity index (χ0n) is 13.2. The maximum Gasteiger partial charge on any atom is 0.0334 e. The Morgan fingerprint density at radius 1 is 1.17 bits per heavy atom. The second-order valence-corrected chi connectivity index (χ2v) is 6.92. The van der Waals surface area contributed by atoms with Crippen LogP contribution in [0, 0.1) is 11.8 Å². The fourth-order valence-corrected chi connectivity index (χ4v) is 3.58. The maximum atomic E-state index is 6.20. The van der Waals surface area contributed by atoms with Crippen LogP contribution in [0.2, 0.25) is 0 Å². The molecule has 108 valence electrons. The molecule has 2 heteroatoms. The summed E-state index contributed by atoms with van der Waals surface area (Å²) in [4.78, 5) is 2.70. The van der Waals surface area contributed by atoms with Crippen LogP contribution >= 0.6 is 0 Å². The summed E-state index contributed by atoms with van der Waals surface area (Å²) in [5.74, 6) is 1.66. The van der Waals surface area contributed by atoms with Gasteiger partial charge in [-0.05, 0) is 51.4 Å². The van der Waals surface area contributed by atoms with E-state index in [9.17, 15) is 0 Å². The van der Waals surface area contributed by atoms with Crippen molar-refractivity contribution in [1.82, 2.24) is 4.90 Å². The Morgan fingerprint density at radius 2 is 1.72 bits per heavy atom. The van der Waals surface area contributed by atoms with Crippen LogP contribution in [0.15, 0.2) is 0 Å². The first-order valence-corrected chi connectivity index (χ1v) is 7.92. The highest BCUT2D eigenvalue weighted by atomic mass is 15.2. The van der Waals surface area contributed by atoms with E-state index in [-0.39, 0.29) is 5.54 Å². The van der Waals surface area contributed by atoms with Crippen LogP contribution in [0.3, 0.4) is 0 Å². The van der Waals surface area contributed by atoms with Gasteiger partial charge in [-0.2, -0.15) is 0 Å². The van der Waals surface area contributed by atoms with E-state index in [1.807, 2.05) is 0 Å². The first kappa shape index (κ1) is 16.0. The number of nitrogens with zero attached hydrogens (tertiary/aromatic N) is 1. The fourth-order valence-electron chi connectivity index (χ4n) is 3.58. The van der Waals surface area contributed by atoms with Gasteiger partial charge in [-0.1, -0.05) is 27.2 Å². The Balaban J connectivity index is 2.78. The molecule has 2 N–H and O–H groups in total. The van der Waals surface area contributed by atoms with Gasteiger partial charge in [0.15, 0.2) is 0 Å². The zero-order valence-corrected chi connectivity index (χ0v) is 13.2. The van der Waals surface area contributed by atoms with Gasteiger partial charge in [0.25, 0.3) is 0 Å². The average molecular weight is 254 g/mol. The van der Waals surface area contributed by atoms with Gasteiger partial charge in [0.1, 0.15) is 0 Å². The van der Waals surface area contributed by atoms with Crippen molar-refractivity contribution in [3.8, 4) is 0 Å². The van der Waals surface area contributed by atoms with Gasteiger partial charge in [0.2, 0.25) is 0 Å². The van der Waals surface area contributed by atoms with E-state index >= 15 is 0 Å². The van der Waals surface area contributed by atoms with Crippen molar-refractivity contribution in [2.75, 3.05) is 13.1 Å². The molecular weight excluding hydrogens is 220 g/mol. The minimum atomic E-state index is 0.282. The summed E-state index contributed by atoms with van der Waals surface area (Å²) in [5.41, 5.74) is 6.48. The van der Waals surface area contributed by atoms with E-state index in [0.29, 0.717) is 6.04 Å². The van der Waals surface area contributed by atoms with Gasteiger partial charge < -0.3 is 5.73 Å². The second-order valence-electron chi connectivity index (χ2n) is 6.92. The third-order valence-corrected chi connectivity index (χ3v) is 4.79. The molecule has 0 aromatic heterocycles. The molecule has 18 heavy (non-hydrogen) atoms. The highest BCUT2D eigenvalue weighted by Gasteiger charge is 2.40. The van der Waals surface area contributed by atoms with Crippen molar-refractivity contribution in [3.63, 3.8) is 0 Å². The predicted molar refractivity (Wildman–Crippen MR) is 80.7 cm³/mol. The van der Waals surface area contributed by atoms with E-state index in [0.717, 1.165) is 18.4 Å². The van der Waals surface area contributed by atoms with E-state index in [1.165, 1.54) is 38.6 Å². The molecule has 0 radical (unpaired) electrons. The average Bonchev–Trinajstić information content (AvgIpc) is 2.35. The molecule has 1 fully saturated rings. The van der Waals surface area contributed by atoms with Gasteiger partial charge in [0.05, 0.1) is 0 Å². The minimum absolute atomic E-state index is 0.282. The molecule has 1 aliphatic rings. The summed E-state index contributed by atoms with van der Waals surface area (Å²) in [6, 6.07) is 0.606. The molecule has 0 amide bonds. The highest BCUT2D eigenvalue weighted by Crippen LogP contribution is 2.38. The summed E-state index contributed by atoms with van der Waals surface area (Å²) < 4.78 is 0. The molecule has 1 rings (SSSR count). The molecule has 0 aromatic rings. The fraction of sp³-hybridized carbons (Fsp3) is 1.00. The quantitative estimate of drug-likeness (QED) is 0.784. The number of rotatable bonds is 6. The van der Waals surface area contributed by atoms with Crippen molar-refractivity contribution < 1.29 is 0 Å². The summed E-state index contributed by atoms with van der Waals surface area (Å²) >= 11 is 0. The second kappa shape index (κ2) is 6.91. The smallest absolute Gasteiger partial charge is 0.0334 e. The van der Waals surface area contributed by atoms with E-state index in [2.05, 4.69) is 39.5 Å². The van der Waals surface area contributed by atoms with Crippen LogP contribution in [-0.4, -0.2) is 29.6 Å². The van der Waals surface area contributed by atoms with Crippen LogP contribution in [0.4, 0.5) is 0 Å². The molecular formula is C16H34N2.